The lowest BCUT2D eigenvalue weighted by Crippen LogP contribution is -2.62. The van der Waals surface area contributed by atoms with Gasteiger partial charge in [-0.2, -0.15) is 0 Å². The van der Waals surface area contributed by atoms with Crippen molar-refractivity contribution < 1.29 is 23.7 Å². The second kappa shape index (κ2) is 6.16. The Morgan fingerprint density at radius 3 is 2.41 bits per heavy atom. The summed E-state index contributed by atoms with van der Waals surface area (Å²) in [5.74, 6) is 2.42. The lowest BCUT2D eigenvalue weighted by molar-refractivity contribution is -0.124. The molecule has 146 valence electrons. The van der Waals surface area contributed by atoms with Crippen molar-refractivity contribution >= 4 is 5.78 Å². The van der Waals surface area contributed by atoms with Crippen LogP contribution in [0, 0.1) is 0 Å². The number of likely N-dealkylation sites (tertiary alicyclic amines) is 1. The van der Waals surface area contributed by atoms with Crippen LogP contribution >= 0.6 is 0 Å². The number of rotatable bonds is 4. The van der Waals surface area contributed by atoms with Gasteiger partial charge in [0.2, 0.25) is 11.5 Å². The number of Topliss-reactive ketones (excluding diaryl/α,β-unsaturated/α-hetero) is 1. The number of hydrogen-bond acceptors (Lipinski definition) is 6. The fourth-order valence-electron chi connectivity index (χ4n) is 5.86. The van der Waals surface area contributed by atoms with Crippen molar-refractivity contribution in [2.24, 2.45) is 0 Å². The van der Waals surface area contributed by atoms with Crippen molar-refractivity contribution in [3.8, 4) is 11.5 Å². The van der Waals surface area contributed by atoms with Crippen LogP contribution in [0.4, 0.5) is 0 Å². The Labute approximate surface area is 160 Å². The summed E-state index contributed by atoms with van der Waals surface area (Å²) in [4.78, 5) is 15.4. The van der Waals surface area contributed by atoms with E-state index in [0.29, 0.717) is 23.7 Å². The number of ketones is 1. The van der Waals surface area contributed by atoms with Gasteiger partial charge in [0.1, 0.15) is 0 Å². The highest BCUT2D eigenvalue weighted by molar-refractivity contribution is 5.97. The number of methoxy groups -OCH3 is 4. The molecule has 0 spiro atoms. The van der Waals surface area contributed by atoms with Gasteiger partial charge in [-0.05, 0) is 44.5 Å². The van der Waals surface area contributed by atoms with E-state index >= 15 is 0 Å². The van der Waals surface area contributed by atoms with Crippen molar-refractivity contribution in [1.29, 1.82) is 0 Å². The Kier molecular flexibility index (Phi) is 4.14. The fourth-order valence-corrected chi connectivity index (χ4v) is 5.86. The van der Waals surface area contributed by atoms with E-state index in [1.807, 2.05) is 6.07 Å². The number of allylic oxidation sites excluding steroid dienone is 1. The maximum atomic E-state index is 13.1. The van der Waals surface area contributed by atoms with Gasteiger partial charge in [0, 0.05) is 17.4 Å². The first-order valence-corrected chi connectivity index (χ1v) is 9.32. The Morgan fingerprint density at radius 1 is 1.00 bits per heavy atom. The topological polar surface area (TPSA) is 57.2 Å². The number of ether oxygens (including phenoxy) is 4. The molecule has 2 atom stereocenters. The predicted octanol–water partition coefficient (Wildman–Crippen LogP) is 2.44. The fraction of sp³-hybridized carbons (Fsp3) is 0.571. The first-order valence-electron chi connectivity index (χ1n) is 9.32. The van der Waals surface area contributed by atoms with Crippen molar-refractivity contribution in [3.63, 3.8) is 0 Å². The molecule has 0 bridgehead atoms. The minimum atomic E-state index is -0.423. The molecule has 1 saturated heterocycles. The maximum Gasteiger partial charge on any atom is 0.201 e. The number of hydrogen-bond donors (Lipinski definition) is 0. The predicted molar refractivity (Wildman–Crippen MR) is 100 cm³/mol. The third-order valence-electron chi connectivity index (χ3n) is 6.89. The van der Waals surface area contributed by atoms with Gasteiger partial charge in [-0.3, -0.25) is 9.69 Å². The van der Waals surface area contributed by atoms with Crippen molar-refractivity contribution in [2.45, 2.75) is 36.6 Å². The smallest absolute Gasteiger partial charge is 0.201 e. The minimum absolute atomic E-state index is 0.0157. The molecule has 4 rings (SSSR count). The quantitative estimate of drug-likeness (QED) is 0.808. The second-order valence-corrected chi connectivity index (χ2v) is 7.62. The molecule has 2 aliphatic carbocycles. The normalized spacial score (nSPS) is 29.7. The van der Waals surface area contributed by atoms with Crippen LogP contribution in [-0.2, 0) is 26.1 Å². The van der Waals surface area contributed by atoms with Crippen LogP contribution in [0.2, 0.25) is 0 Å². The summed E-state index contributed by atoms with van der Waals surface area (Å²) in [6.07, 6.45) is 2.98. The van der Waals surface area contributed by atoms with Crippen LogP contribution in [0.15, 0.2) is 23.7 Å². The van der Waals surface area contributed by atoms with Crippen molar-refractivity contribution in [2.75, 3.05) is 42.0 Å². The monoisotopic (exact) mass is 373 g/mol. The molecule has 1 heterocycles. The van der Waals surface area contributed by atoms with E-state index in [9.17, 15) is 4.79 Å². The van der Waals surface area contributed by atoms with Crippen LogP contribution < -0.4 is 9.47 Å². The van der Waals surface area contributed by atoms with Gasteiger partial charge in [0.05, 0.1) is 34.0 Å². The van der Waals surface area contributed by atoms with Crippen LogP contribution in [0.3, 0.4) is 0 Å². The molecule has 1 aromatic rings. The zero-order valence-electron chi connectivity index (χ0n) is 16.7. The number of nitrogens with zero attached hydrogens (tertiary/aromatic N) is 1. The highest BCUT2D eigenvalue weighted by Gasteiger charge is 2.68. The number of fused-ring (bicyclic) bond motifs is 1. The first-order chi connectivity index (χ1) is 13.0. The van der Waals surface area contributed by atoms with E-state index in [-0.39, 0.29) is 5.78 Å². The molecule has 1 aliphatic heterocycles. The standard InChI is InChI=1S/C21H27NO5/c1-22-11-10-20-12-14(23)17(25-3)19(27-5)21(20,22)9-8-13-6-7-15(24-2)18(26-4)16(13)20/h6-7H,8-12H2,1-5H3/t20-,21+/m0/s1. The highest BCUT2D eigenvalue weighted by Crippen LogP contribution is 2.64. The molecule has 0 radical (unpaired) electrons. The summed E-state index contributed by atoms with van der Waals surface area (Å²) < 4.78 is 22.8. The Hall–Kier alpha value is -2.21. The van der Waals surface area contributed by atoms with Crippen LogP contribution in [-0.4, -0.2) is 58.3 Å². The van der Waals surface area contributed by atoms with Gasteiger partial charge in [-0.1, -0.05) is 6.07 Å². The van der Waals surface area contributed by atoms with Crippen molar-refractivity contribution in [3.05, 3.63) is 34.8 Å². The second-order valence-electron chi connectivity index (χ2n) is 7.62. The van der Waals surface area contributed by atoms with Gasteiger partial charge in [0.15, 0.2) is 17.3 Å². The van der Waals surface area contributed by atoms with Gasteiger partial charge < -0.3 is 18.9 Å². The molecule has 0 amide bonds. The molecule has 0 saturated carbocycles. The summed E-state index contributed by atoms with van der Waals surface area (Å²) in [6, 6.07) is 4.07. The molecule has 0 unspecified atom stereocenters. The molecular weight excluding hydrogens is 346 g/mol. The number of carbonyl (C=O) groups is 1. The van der Waals surface area contributed by atoms with Gasteiger partial charge in [0.25, 0.3) is 0 Å². The average molecular weight is 373 g/mol. The number of aryl methyl sites for hydroxylation is 1. The lowest BCUT2D eigenvalue weighted by Gasteiger charge is -2.55. The van der Waals surface area contributed by atoms with E-state index < -0.39 is 11.0 Å². The molecule has 0 N–H and O–H groups in total. The molecule has 0 aromatic heterocycles. The van der Waals surface area contributed by atoms with Crippen LogP contribution in [0.1, 0.15) is 30.4 Å². The highest BCUT2D eigenvalue weighted by atomic mass is 16.5. The van der Waals surface area contributed by atoms with E-state index in [1.54, 1.807) is 28.4 Å². The molecule has 27 heavy (non-hydrogen) atoms. The Morgan fingerprint density at radius 2 is 1.78 bits per heavy atom. The number of carbonyl (C=O) groups excluding carboxylic acids is 1. The molecule has 6 heteroatoms. The summed E-state index contributed by atoms with van der Waals surface area (Å²) in [7, 11) is 8.61. The van der Waals surface area contributed by atoms with Crippen LogP contribution in [0.25, 0.3) is 0 Å². The summed E-state index contributed by atoms with van der Waals surface area (Å²) in [6.45, 7) is 0.872. The first kappa shape index (κ1) is 18.2. The maximum absolute atomic E-state index is 13.1. The Bertz CT molecular complexity index is 832. The molecule has 6 nitrogen and oxygen atoms in total. The largest absolute Gasteiger partial charge is 0.495 e. The van der Waals surface area contributed by atoms with E-state index in [0.717, 1.165) is 37.1 Å². The molecule has 1 fully saturated rings. The number of likely N-dealkylation sites (N-methyl/N-ethyl adjacent to an activating group) is 1. The van der Waals surface area contributed by atoms with Gasteiger partial charge >= 0.3 is 0 Å². The molecular formula is C21H27NO5. The van der Waals surface area contributed by atoms with E-state index in [2.05, 4.69) is 18.0 Å². The zero-order valence-corrected chi connectivity index (χ0v) is 16.7. The third kappa shape index (κ3) is 2.02. The summed E-state index contributed by atoms with van der Waals surface area (Å²) in [5.41, 5.74) is 1.48. The summed E-state index contributed by atoms with van der Waals surface area (Å²) >= 11 is 0. The zero-order chi connectivity index (χ0) is 19.4. The average Bonchev–Trinajstić information content (AvgIpc) is 2.98. The minimum Gasteiger partial charge on any atom is -0.495 e. The van der Waals surface area contributed by atoms with Gasteiger partial charge in [-0.15, -0.1) is 0 Å². The third-order valence-corrected chi connectivity index (χ3v) is 6.89. The number of benzene rings is 1. The van der Waals surface area contributed by atoms with E-state index in [4.69, 9.17) is 18.9 Å². The molecule has 3 aliphatic rings. The van der Waals surface area contributed by atoms with Crippen molar-refractivity contribution in [1.82, 2.24) is 4.90 Å². The van der Waals surface area contributed by atoms with Crippen LogP contribution in [0.5, 0.6) is 11.5 Å². The molecule has 1 aromatic carbocycles. The van der Waals surface area contributed by atoms with Gasteiger partial charge in [-0.25, -0.2) is 0 Å². The lowest BCUT2D eigenvalue weighted by atomic mass is 9.53. The SMILES string of the molecule is COC1=C(OC)[C@]23CCc4ccc(OC)c(OC)c4[C@]2(CCN3C)CC1=O. The Balaban J connectivity index is 2.08. The summed E-state index contributed by atoms with van der Waals surface area (Å²) in [5, 5.41) is 0. The van der Waals surface area contributed by atoms with E-state index in [1.165, 1.54) is 5.56 Å².